The van der Waals surface area contributed by atoms with Crippen molar-refractivity contribution in [2.75, 3.05) is 13.2 Å². The van der Waals surface area contributed by atoms with Gasteiger partial charge in [-0.25, -0.2) is 0 Å². The number of hydrogen-bond acceptors (Lipinski definition) is 2. The van der Waals surface area contributed by atoms with Crippen LogP contribution in [0.25, 0.3) is 11.1 Å². The third kappa shape index (κ3) is 3.76. The van der Waals surface area contributed by atoms with Gasteiger partial charge < -0.3 is 4.74 Å². The van der Waals surface area contributed by atoms with Gasteiger partial charge in [0, 0.05) is 12.2 Å². The lowest BCUT2D eigenvalue weighted by molar-refractivity contribution is 0.0761. The van der Waals surface area contributed by atoms with Crippen molar-refractivity contribution in [3.63, 3.8) is 0 Å². The highest BCUT2D eigenvalue weighted by Gasteiger charge is 2.04. The van der Waals surface area contributed by atoms with E-state index in [1.165, 1.54) is 11.1 Å². The summed E-state index contributed by atoms with van der Waals surface area (Å²) in [7, 11) is 0. The molecule has 0 fully saturated rings. The molecule has 2 aliphatic rings. The fraction of sp³-hybridized carbons (Fsp3) is 0.235. The Kier molecular flexibility index (Phi) is 4.87. The summed E-state index contributed by atoms with van der Waals surface area (Å²) >= 11 is 0. The molecule has 0 saturated carbocycles. The quantitative estimate of drug-likeness (QED) is 0.509. The van der Waals surface area contributed by atoms with E-state index in [1.54, 1.807) is 12.1 Å². The van der Waals surface area contributed by atoms with Crippen molar-refractivity contribution >= 4 is 5.78 Å². The summed E-state index contributed by atoms with van der Waals surface area (Å²) in [5.74, 6) is 0.0500. The van der Waals surface area contributed by atoms with Gasteiger partial charge in [-0.1, -0.05) is 61.5 Å². The Morgan fingerprint density at radius 3 is 1.95 bits per heavy atom. The van der Waals surface area contributed by atoms with Crippen molar-refractivity contribution in [1.82, 2.24) is 0 Å². The maximum absolute atomic E-state index is 11.4. The van der Waals surface area contributed by atoms with Gasteiger partial charge in [0.25, 0.3) is 0 Å². The predicted molar refractivity (Wildman–Crippen MR) is 77.3 cm³/mol. The van der Waals surface area contributed by atoms with Crippen LogP contribution in [0.4, 0.5) is 0 Å². The lowest BCUT2D eigenvalue weighted by atomic mass is 9.95. The summed E-state index contributed by atoms with van der Waals surface area (Å²) in [5.41, 5.74) is 3.57. The molecule has 0 aromatic heterocycles. The first-order valence-electron chi connectivity index (χ1n) is 6.57. The van der Waals surface area contributed by atoms with Gasteiger partial charge in [-0.2, -0.15) is 0 Å². The zero-order valence-electron chi connectivity index (χ0n) is 11.1. The van der Waals surface area contributed by atoms with E-state index < -0.39 is 0 Å². The van der Waals surface area contributed by atoms with Gasteiger partial charge in [0.1, 0.15) is 6.61 Å². The Balaban J connectivity index is 0.000000180. The average Bonchev–Trinajstić information content (AvgIpc) is 2.44. The van der Waals surface area contributed by atoms with Gasteiger partial charge in [-0.15, -0.1) is 0 Å². The van der Waals surface area contributed by atoms with Crippen LogP contribution in [-0.4, -0.2) is 19.0 Å². The molecule has 3 rings (SSSR count). The number of benzene rings is 2. The van der Waals surface area contributed by atoms with Crippen LogP contribution in [0.3, 0.4) is 0 Å². The van der Waals surface area contributed by atoms with Crippen LogP contribution < -0.4 is 0 Å². The monoisotopic (exact) mass is 254 g/mol. The number of hydrogen-bond donors (Lipinski definition) is 0. The molecule has 2 nitrogen and oxygen atoms in total. The molecule has 0 spiro atoms. The minimum Gasteiger partial charge on any atom is -0.373 e. The van der Waals surface area contributed by atoms with Crippen molar-refractivity contribution < 1.29 is 9.53 Å². The van der Waals surface area contributed by atoms with Crippen molar-refractivity contribution in [2.45, 2.75) is 13.3 Å². The minimum atomic E-state index is 0.0500. The van der Waals surface area contributed by atoms with E-state index >= 15 is 0 Å². The minimum absolute atomic E-state index is 0.0500. The van der Waals surface area contributed by atoms with E-state index in [0.717, 1.165) is 12.0 Å². The molecule has 2 heteroatoms. The number of carbonyl (C=O) groups excluding carboxylic acids is 1. The fourth-order valence-corrected chi connectivity index (χ4v) is 1.68. The van der Waals surface area contributed by atoms with Gasteiger partial charge in [0.05, 0.1) is 0 Å². The second-order valence-corrected chi connectivity index (χ2v) is 4.42. The first-order chi connectivity index (χ1) is 9.31. The van der Waals surface area contributed by atoms with Gasteiger partial charge in [-0.05, 0) is 17.5 Å². The summed E-state index contributed by atoms with van der Waals surface area (Å²) in [6.07, 6.45) is 0.946. The molecule has 0 saturated heterocycles. The Bertz CT molecular complexity index is 494. The Morgan fingerprint density at radius 2 is 1.53 bits per heavy atom. The molecule has 19 heavy (non-hydrogen) atoms. The van der Waals surface area contributed by atoms with E-state index in [9.17, 15) is 4.79 Å². The van der Waals surface area contributed by atoms with Crippen LogP contribution in [0.15, 0.2) is 54.6 Å². The molecule has 1 aromatic rings. The lowest BCUT2D eigenvalue weighted by Crippen LogP contribution is -2.09. The summed E-state index contributed by atoms with van der Waals surface area (Å²) in [6.45, 7) is 2.86. The number of fused-ring (bicyclic) bond motifs is 1. The number of Topliss-reactive ketones (excluding diaryl/α,β-unsaturated/α-hetero) is 1. The van der Waals surface area contributed by atoms with Gasteiger partial charge in [0.15, 0.2) is 5.78 Å². The zero-order chi connectivity index (χ0) is 13.5. The molecule has 0 aliphatic heterocycles. The predicted octanol–water partition coefficient (Wildman–Crippen LogP) is 3.96. The lowest BCUT2D eigenvalue weighted by Gasteiger charge is -2.10. The molecule has 0 radical (unpaired) electrons. The highest BCUT2D eigenvalue weighted by Crippen LogP contribution is 2.29. The number of ether oxygens (including phenoxy) is 1. The first kappa shape index (κ1) is 13.5. The highest BCUT2D eigenvalue weighted by molar-refractivity contribution is 5.96. The van der Waals surface area contributed by atoms with Crippen LogP contribution in [0, 0.1) is 0 Å². The number of carbonyl (C=O) groups is 1. The second kappa shape index (κ2) is 6.86. The molecular formula is C17H18O2. The van der Waals surface area contributed by atoms with Gasteiger partial charge in [-0.3, -0.25) is 4.79 Å². The summed E-state index contributed by atoms with van der Waals surface area (Å²) in [6, 6.07) is 17.7. The van der Waals surface area contributed by atoms with Crippen molar-refractivity contribution in [1.29, 1.82) is 0 Å². The van der Waals surface area contributed by atoms with E-state index in [1.807, 2.05) is 25.1 Å². The molecule has 0 unspecified atom stereocenters. The largest absolute Gasteiger partial charge is 0.373 e. The van der Waals surface area contributed by atoms with Crippen LogP contribution in [0.5, 0.6) is 0 Å². The maximum atomic E-state index is 11.4. The van der Waals surface area contributed by atoms with Gasteiger partial charge >= 0.3 is 0 Å². The van der Waals surface area contributed by atoms with Crippen LogP contribution >= 0.6 is 0 Å². The molecule has 0 heterocycles. The summed E-state index contributed by atoms with van der Waals surface area (Å²) in [4.78, 5) is 11.4. The topological polar surface area (TPSA) is 26.3 Å². The van der Waals surface area contributed by atoms with E-state index in [-0.39, 0.29) is 12.4 Å². The van der Waals surface area contributed by atoms with Crippen molar-refractivity contribution in [3.8, 4) is 11.1 Å². The molecule has 98 valence electrons. The standard InChI is InChI=1S/C11H14O2.C6H4/c1-2-8-13-9-11(12)10-6-4-3-5-7-10;1-2-6-4-3-5(1)6/h3-7H,2,8-9H2,1H3;1-4H. The zero-order valence-corrected chi connectivity index (χ0v) is 11.1. The first-order valence-corrected chi connectivity index (χ1v) is 6.57. The van der Waals surface area contributed by atoms with E-state index in [2.05, 4.69) is 24.3 Å². The molecule has 0 bridgehead atoms. The van der Waals surface area contributed by atoms with Crippen LogP contribution in [0.2, 0.25) is 0 Å². The van der Waals surface area contributed by atoms with Crippen LogP contribution in [-0.2, 0) is 4.74 Å². The molecule has 0 N–H and O–H groups in total. The smallest absolute Gasteiger partial charge is 0.188 e. The van der Waals surface area contributed by atoms with Gasteiger partial charge in [0.2, 0.25) is 0 Å². The molecule has 1 aromatic carbocycles. The summed E-state index contributed by atoms with van der Waals surface area (Å²) in [5, 5.41) is 0. The van der Waals surface area contributed by atoms with E-state index in [0.29, 0.717) is 6.61 Å². The number of ketones is 1. The Labute approximate surface area is 114 Å². The second-order valence-electron chi connectivity index (χ2n) is 4.42. The number of rotatable bonds is 5. The summed E-state index contributed by atoms with van der Waals surface area (Å²) < 4.78 is 5.15. The molecule has 2 aliphatic carbocycles. The Morgan fingerprint density at radius 1 is 0.947 bits per heavy atom. The van der Waals surface area contributed by atoms with E-state index in [4.69, 9.17) is 4.74 Å². The van der Waals surface area contributed by atoms with Crippen LogP contribution in [0.1, 0.15) is 23.7 Å². The Hall–Kier alpha value is -1.93. The maximum Gasteiger partial charge on any atom is 0.188 e. The van der Waals surface area contributed by atoms with Crippen molar-refractivity contribution in [2.24, 2.45) is 0 Å². The fourth-order valence-electron chi connectivity index (χ4n) is 1.68. The third-order valence-electron chi connectivity index (χ3n) is 2.90. The SMILES string of the molecule is CCCOCC(=O)c1ccccc1.c1cc2ccc1-2. The molecule has 0 amide bonds. The normalized spacial score (nSPS) is 10.4. The highest BCUT2D eigenvalue weighted by atomic mass is 16.5. The molecule has 0 atom stereocenters. The average molecular weight is 254 g/mol. The van der Waals surface area contributed by atoms with Crippen molar-refractivity contribution in [3.05, 3.63) is 60.2 Å². The molecular weight excluding hydrogens is 236 g/mol. The third-order valence-corrected chi connectivity index (χ3v) is 2.90.